The van der Waals surface area contributed by atoms with E-state index in [0.29, 0.717) is 32.6 Å². The summed E-state index contributed by atoms with van der Waals surface area (Å²) in [5, 5.41) is 18.1. The molecule has 2 saturated heterocycles. The zero-order valence-electron chi connectivity index (χ0n) is 10.4. The number of carbonyl (C=O) groups excluding carboxylic acids is 1. The summed E-state index contributed by atoms with van der Waals surface area (Å²) in [5.41, 5.74) is 0. The highest BCUT2D eigenvalue weighted by Crippen LogP contribution is 2.21. The number of aliphatic hydroxyl groups excluding tert-OH is 1. The largest absolute Gasteiger partial charge is 0.481 e. The second-order valence-electron chi connectivity index (χ2n) is 5.19. The lowest BCUT2D eigenvalue weighted by molar-refractivity contribution is -0.143. The highest BCUT2D eigenvalue weighted by atomic mass is 16.4. The molecule has 6 heteroatoms. The molecule has 2 N–H and O–H groups in total. The van der Waals surface area contributed by atoms with Crippen LogP contribution in [0.3, 0.4) is 0 Å². The van der Waals surface area contributed by atoms with Gasteiger partial charge in [-0.05, 0) is 19.3 Å². The van der Waals surface area contributed by atoms with Gasteiger partial charge >= 0.3 is 12.0 Å². The van der Waals surface area contributed by atoms with E-state index in [0.717, 1.165) is 12.8 Å². The number of carboxylic acids is 1. The molecule has 2 heterocycles. The van der Waals surface area contributed by atoms with Gasteiger partial charge in [0.15, 0.2) is 0 Å². The van der Waals surface area contributed by atoms with Crippen LogP contribution in [0.25, 0.3) is 0 Å². The molecule has 6 nitrogen and oxygen atoms in total. The van der Waals surface area contributed by atoms with Gasteiger partial charge in [0.2, 0.25) is 0 Å². The number of hydrogen-bond donors (Lipinski definition) is 2. The van der Waals surface area contributed by atoms with Crippen LogP contribution in [0.15, 0.2) is 0 Å². The number of rotatable bonds is 2. The Labute approximate surface area is 106 Å². The Balaban J connectivity index is 1.91. The zero-order chi connectivity index (χ0) is 13.1. The van der Waals surface area contributed by atoms with Crippen LogP contribution < -0.4 is 0 Å². The summed E-state index contributed by atoms with van der Waals surface area (Å²) in [6, 6.07) is -0.0723. The van der Waals surface area contributed by atoms with Crippen LogP contribution in [0, 0.1) is 11.8 Å². The normalized spacial score (nSPS) is 28.5. The van der Waals surface area contributed by atoms with Crippen molar-refractivity contribution in [3.8, 4) is 0 Å². The average Bonchev–Trinajstić information content (AvgIpc) is 2.86. The molecule has 2 atom stereocenters. The van der Waals surface area contributed by atoms with Gasteiger partial charge in [0.05, 0.1) is 5.92 Å². The number of aliphatic hydroxyl groups is 1. The number of piperidine rings is 1. The van der Waals surface area contributed by atoms with E-state index in [2.05, 4.69) is 0 Å². The molecule has 2 fully saturated rings. The van der Waals surface area contributed by atoms with E-state index in [1.54, 1.807) is 9.80 Å². The standard InChI is InChI=1S/C12H20N2O4/c15-8-9-3-5-14(6-9)12(18)13-4-1-2-10(7-13)11(16)17/h9-10,15H,1-8H2,(H,16,17)/t9?,10-/m1/s1. The van der Waals surface area contributed by atoms with Crippen LogP contribution in [0.2, 0.25) is 0 Å². The van der Waals surface area contributed by atoms with Gasteiger partial charge in [0.1, 0.15) is 0 Å². The minimum absolute atomic E-state index is 0.0723. The lowest BCUT2D eigenvalue weighted by atomic mass is 9.99. The van der Waals surface area contributed by atoms with Crippen molar-refractivity contribution in [2.45, 2.75) is 19.3 Å². The molecule has 0 bridgehead atoms. The molecule has 2 aliphatic heterocycles. The maximum atomic E-state index is 12.2. The third-order valence-electron chi connectivity index (χ3n) is 3.86. The first-order valence-electron chi connectivity index (χ1n) is 6.49. The molecular formula is C12H20N2O4. The molecule has 0 saturated carbocycles. The summed E-state index contributed by atoms with van der Waals surface area (Å²) in [4.78, 5) is 26.5. The van der Waals surface area contributed by atoms with Gasteiger partial charge in [-0.3, -0.25) is 4.79 Å². The van der Waals surface area contributed by atoms with E-state index in [9.17, 15) is 9.59 Å². The molecule has 18 heavy (non-hydrogen) atoms. The van der Waals surface area contributed by atoms with E-state index in [1.807, 2.05) is 0 Å². The van der Waals surface area contributed by atoms with Crippen molar-refractivity contribution < 1.29 is 19.8 Å². The molecule has 2 amide bonds. The summed E-state index contributed by atoms with van der Waals surface area (Å²) < 4.78 is 0. The second kappa shape index (κ2) is 5.56. The van der Waals surface area contributed by atoms with Crippen molar-refractivity contribution in [1.82, 2.24) is 9.80 Å². The summed E-state index contributed by atoms with van der Waals surface area (Å²) in [7, 11) is 0. The van der Waals surface area contributed by atoms with Crippen LogP contribution in [0.5, 0.6) is 0 Å². The lowest BCUT2D eigenvalue weighted by Crippen LogP contribution is -2.48. The molecule has 0 aromatic heterocycles. The molecule has 2 rings (SSSR count). The minimum Gasteiger partial charge on any atom is -0.481 e. The number of nitrogens with zero attached hydrogens (tertiary/aromatic N) is 2. The van der Waals surface area contributed by atoms with Gasteiger partial charge in [-0.25, -0.2) is 4.79 Å². The van der Waals surface area contributed by atoms with Crippen molar-refractivity contribution in [3.05, 3.63) is 0 Å². The Morgan fingerprint density at radius 2 is 1.83 bits per heavy atom. The molecule has 102 valence electrons. The van der Waals surface area contributed by atoms with E-state index >= 15 is 0 Å². The fraction of sp³-hybridized carbons (Fsp3) is 0.833. The molecule has 0 aromatic rings. The predicted molar refractivity (Wildman–Crippen MR) is 64.1 cm³/mol. The van der Waals surface area contributed by atoms with Crippen molar-refractivity contribution in [2.75, 3.05) is 32.8 Å². The van der Waals surface area contributed by atoms with Crippen molar-refractivity contribution >= 4 is 12.0 Å². The molecule has 1 unspecified atom stereocenters. The first kappa shape index (κ1) is 13.1. The molecule has 0 aliphatic carbocycles. The first-order chi connectivity index (χ1) is 8.61. The Hall–Kier alpha value is -1.30. The molecular weight excluding hydrogens is 236 g/mol. The van der Waals surface area contributed by atoms with Gasteiger partial charge < -0.3 is 20.0 Å². The second-order valence-corrected chi connectivity index (χ2v) is 5.19. The summed E-state index contributed by atoms with van der Waals surface area (Å²) >= 11 is 0. The quantitative estimate of drug-likeness (QED) is 0.740. The van der Waals surface area contributed by atoms with Crippen molar-refractivity contribution in [3.63, 3.8) is 0 Å². The topological polar surface area (TPSA) is 81.1 Å². The smallest absolute Gasteiger partial charge is 0.320 e. The number of urea groups is 1. The minimum atomic E-state index is -0.817. The third kappa shape index (κ3) is 2.75. The highest BCUT2D eigenvalue weighted by molar-refractivity contribution is 5.77. The van der Waals surface area contributed by atoms with Crippen LogP contribution in [0.1, 0.15) is 19.3 Å². The van der Waals surface area contributed by atoms with Crippen molar-refractivity contribution in [1.29, 1.82) is 0 Å². The van der Waals surface area contributed by atoms with Crippen LogP contribution in [-0.2, 0) is 4.79 Å². The molecule has 2 aliphatic rings. The average molecular weight is 256 g/mol. The monoisotopic (exact) mass is 256 g/mol. The summed E-state index contributed by atoms with van der Waals surface area (Å²) in [6.07, 6.45) is 2.23. The Bertz CT molecular complexity index is 334. The van der Waals surface area contributed by atoms with E-state index in [-0.39, 0.29) is 18.6 Å². The Morgan fingerprint density at radius 3 is 2.44 bits per heavy atom. The number of carboxylic acid groups (broad SMARTS) is 1. The van der Waals surface area contributed by atoms with E-state index in [1.165, 1.54) is 0 Å². The lowest BCUT2D eigenvalue weighted by Gasteiger charge is -2.33. The maximum absolute atomic E-state index is 12.2. The Kier molecular flexibility index (Phi) is 4.06. The number of aliphatic carboxylic acids is 1. The zero-order valence-corrected chi connectivity index (χ0v) is 10.4. The van der Waals surface area contributed by atoms with Gasteiger partial charge in [0, 0.05) is 38.7 Å². The number of likely N-dealkylation sites (tertiary alicyclic amines) is 2. The van der Waals surface area contributed by atoms with Crippen molar-refractivity contribution in [2.24, 2.45) is 11.8 Å². The van der Waals surface area contributed by atoms with E-state index in [4.69, 9.17) is 10.2 Å². The van der Waals surface area contributed by atoms with Gasteiger partial charge in [0.25, 0.3) is 0 Å². The van der Waals surface area contributed by atoms with Gasteiger partial charge in [-0.1, -0.05) is 0 Å². The molecule has 0 radical (unpaired) electrons. The fourth-order valence-electron chi connectivity index (χ4n) is 2.71. The summed E-state index contributed by atoms with van der Waals surface area (Å²) in [5.74, 6) is -1.07. The van der Waals surface area contributed by atoms with Crippen LogP contribution >= 0.6 is 0 Å². The molecule has 0 aromatic carbocycles. The predicted octanol–water partition coefficient (Wildman–Crippen LogP) is 0.217. The summed E-state index contributed by atoms with van der Waals surface area (Å²) in [6.45, 7) is 2.32. The fourth-order valence-corrected chi connectivity index (χ4v) is 2.71. The Morgan fingerprint density at radius 1 is 1.11 bits per heavy atom. The van der Waals surface area contributed by atoms with E-state index < -0.39 is 11.9 Å². The van der Waals surface area contributed by atoms with Crippen LogP contribution in [0.4, 0.5) is 4.79 Å². The first-order valence-corrected chi connectivity index (χ1v) is 6.49. The SMILES string of the molecule is O=C(O)[C@@H]1CCCN(C(=O)N2CCC(CO)C2)C1. The van der Waals surface area contributed by atoms with Crippen LogP contribution in [-0.4, -0.2) is 64.8 Å². The number of carbonyl (C=O) groups is 2. The molecule has 0 spiro atoms. The number of hydrogen-bond acceptors (Lipinski definition) is 3. The van der Waals surface area contributed by atoms with Gasteiger partial charge in [-0.15, -0.1) is 0 Å². The maximum Gasteiger partial charge on any atom is 0.320 e. The third-order valence-corrected chi connectivity index (χ3v) is 3.86. The highest BCUT2D eigenvalue weighted by Gasteiger charge is 2.33. The number of amides is 2. The van der Waals surface area contributed by atoms with Gasteiger partial charge in [-0.2, -0.15) is 0 Å².